The zero-order valence-electron chi connectivity index (χ0n) is 12.5. The molecule has 0 bridgehead atoms. The van der Waals surface area contributed by atoms with Gasteiger partial charge >= 0.3 is 0 Å². The van der Waals surface area contributed by atoms with Gasteiger partial charge in [0.25, 0.3) is 0 Å². The maximum atomic E-state index is 10.2. The molecule has 1 aliphatic carbocycles. The van der Waals surface area contributed by atoms with Crippen LogP contribution in [0.4, 0.5) is 0 Å². The topological polar surface area (TPSA) is 32.3 Å². The predicted octanol–water partition coefficient (Wildman–Crippen LogP) is 3.83. The van der Waals surface area contributed by atoms with Crippen molar-refractivity contribution in [2.24, 2.45) is 0 Å². The molecule has 2 nitrogen and oxygen atoms in total. The van der Waals surface area contributed by atoms with Gasteiger partial charge in [0, 0.05) is 22.3 Å². The highest BCUT2D eigenvalue weighted by molar-refractivity contribution is 7.12. The van der Waals surface area contributed by atoms with E-state index in [1.165, 1.54) is 30.6 Å². The Hall–Kier alpha value is -0.380. The van der Waals surface area contributed by atoms with Crippen LogP contribution in [0.2, 0.25) is 0 Å². The van der Waals surface area contributed by atoms with Crippen molar-refractivity contribution in [3.05, 3.63) is 21.4 Å². The van der Waals surface area contributed by atoms with Crippen molar-refractivity contribution in [3.63, 3.8) is 0 Å². The summed E-state index contributed by atoms with van der Waals surface area (Å²) in [6.07, 6.45) is 7.09. The predicted molar refractivity (Wildman–Crippen MR) is 82.9 cm³/mol. The summed E-state index contributed by atoms with van der Waals surface area (Å²) in [7, 11) is 0. The van der Waals surface area contributed by atoms with Crippen molar-refractivity contribution in [1.29, 1.82) is 0 Å². The minimum absolute atomic E-state index is 0.346. The molecule has 19 heavy (non-hydrogen) atoms. The quantitative estimate of drug-likeness (QED) is 0.830. The second kappa shape index (κ2) is 6.38. The molecule has 0 saturated carbocycles. The lowest BCUT2D eigenvalue weighted by molar-refractivity contribution is 0.0478. The van der Waals surface area contributed by atoms with E-state index in [-0.39, 0.29) is 0 Å². The number of nitrogens with one attached hydrogen (secondary N) is 1. The zero-order chi connectivity index (χ0) is 13.9. The fourth-order valence-electron chi connectivity index (χ4n) is 2.83. The standard InChI is InChI=1S/C16H27NOS/c1-4-9-16(3,18)11-17-12(2)15-10-13-7-5-6-8-14(13)19-15/h10,12,17-18H,4-9,11H2,1-3H3. The minimum Gasteiger partial charge on any atom is -0.389 e. The van der Waals surface area contributed by atoms with Gasteiger partial charge in [-0.15, -0.1) is 11.3 Å². The largest absolute Gasteiger partial charge is 0.389 e. The van der Waals surface area contributed by atoms with Crippen molar-refractivity contribution < 1.29 is 5.11 Å². The van der Waals surface area contributed by atoms with Gasteiger partial charge in [0.2, 0.25) is 0 Å². The molecule has 2 rings (SSSR count). The Balaban J connectivity index is 1.92. The summed E-state index contributed by atoms with van der Waals surface area (Å²) in [4.78, 5) is 3.02. The molecule has 0 fully saturated rings. The van der Waals surface area contributed by atoms with Gasteiger partial charge in [0.1, 0.15) is 0 Å². The molecule has 0 saturated heterocycles. The molecule has 1 heterocycles. The van der Waals surface area contributed by atoms with Crippen LogP contribution < -0.4 is 5.32 Å². The van der Waals surface area contributed by atoms with Crippen molar-refractivity contribution in [1.82, 2.24) is 5.32 Å². The Morgan fingerprint density at radius 2 is 2.16 bits per heavy atom. The van der Waals surface area contributed by atoms with E-state index in [9.17, 15) is 5.11 Å². The monoisotopic (exact) mass is 281 g/mol. The van der Waals surface area contributed by atoms with E-state index in [1.54, 1.807) is 10.4 Å². The normalized spacial score (nSPS) is 19.8. The molecule has 1 aromatic rings. The lowest BCUT2D eigenvalue weighted by Gasteiger charge is -2.25. The molecular weight excluding hydrogens is 254 g/mol. The van der Waals surface area contributed by atoms with Gasteiger partial charge in [0.05, 0.1) is 5.60 Å². The molecule has 0 aromatic carbocycles. The summed E-state index contributed by atoms with van der Waals surface area (Å²) < 4.78 is 0. The molecule has 2 atom stereocenters. The third-order valence-corrected chi connectivity index (χ3v) is 5.44. The molecule has 0 aliphatic heterocycles. The second-order valence-electron chi connectivity index (χ2n) is 6.15. The van der Waals surface area contributed by atoms with Gasteiger partial charge in [-0.05, 0) is 57.6 Å². The third-order valence-electron chi connectivity index (χ3n) is 4.02. The maximum Gasteiger partial charge on any atom is 0.0743 e. The van der Waals surface area contributed by atoms with Crippen molar-refractivity contribution in [2.75, 3.05) is 6.54 Å². The van der Waals surface area contributed by atoms with Gasteiger partial charge in [0.15, 0.2) is 0 Å². The highest BCUT2D eigenvalue weighted by atomic mass is 32.1. The highest BCUT2D eigenvalue weighted by Gasteiger charge is 2.21. The molecule has 1 aliphatic rings. The molecule has 108 valence electrons. The number of hydrogen-bond donors (Lipinski definition) is 2. The van der Waals surface area contributed by atoms with Crippen LogP contribution in [0.15, 0.2) is 6.07 Å². The number of thiophene rings is 1. The van der Waals surface area contributed by atoms with Gasteiger partial charge in [-0.25, -0.2) is 0 Å². The van der Waals surface area contributed by atoms with Gasteiger partial charge in [-0.1, -0.05) is 13.3 Å². The fourth-order valence-corrected chi connectivity index (χ4v) is 4.11. The highest BCUT2D eigenvalue weighted by Crippen LogP contribution is 2.32. The summed E-state index contributed by atoms with van der Waals surface area (Å²) in [5.74, 6) is 0. The van der Waals surface area contributed by atoms with Gasteiger partial charge in [-0.2, -0.15) is 0 Å². The zero-order valence-corrected chi connectivity index (χ0v) is 13.3. The van der Waals surface area contributed by atoms with E-state index in [1.807, 2.05) is 18.3 Å². The van der Waals surface area contributed by atoms with Crippen LogP contribution in [0.3, 0.4) is 0 Å². The van der Waals surface area contributed by atoms with E-state index in [4.69, 9.17) is 0 Å². The molecule has 0 radical (unpaired) electrons. The van der Waals surface area contributed by atoms with Crippen LogP contribution in [0.5, 0.6) is 0 Å². The molecule has 2 N–H and O–H groups in total. The van der Waals surface area contributed by atoms with E-state index in [2.05, 4.69) is 25.2 Å². The van der Waals surface area contributed by atoms with Crippen LogP contribution in [0.1, 0.15) is 67.8 Å². The second-order valence-corrected chi connectivity index (χ2v) is 7.32. The van der Waals surface area contributed by atoms with E-state index >= 15 is 0 Å². The minimum atomic E-state index is -0.583. The first-order valence-corrected chi connectivity index (χ1v) is 8.41. The van der Waals surface area contributed by atoms with E-state index < -0.39 is 5.60 Å². The molecule has 2 unspecified atom stereocenters. The third kappa shape index (κ3) is 4.04. The summed E-state index contributed by atoms with van der Waals surface area (Å²) >= 11 is 1.96. The summed E-state index contributed by atoms with van der Waals surface area (Å²) in [5.41, 5.74) is 0.986. The number of rotatable bonds is 6. The first-order chi connectivity index (χ1) is 9.02. The van der Waals surface area contributed by atoms with Crippen molar-refractivity contribution in [3.8, 4) is 0 Å². The van der Waals surface area contributed by atoms with Crippen molar-refractivity contribution >= 4 is 11.3 Å². The lowest BCUT2D eigenvalue weighted by atomic mass is 9.98. The Morgan fingerprint density at radius 1 is 1.42 bits per heavy atom. The molecule has 0 amide bonds. The van der Waals surface area contributed by atoms with Crippen LogP contribution in [0, 0.1) is 0 Å². The molecule has 0 spiro atoms. The molecular formula is C16H27NOS. The van der Waals surface area contributed by atoms with E-state index in [0.717, 1.165) is 12.8 Å². The number of hydrogen-bond acceptors (Lipinski definition) is 3. The lowest BCUT2D eigenvalue weighted by Crippen LogP contribution is -2.38. The van der Waals surface area contributed by atoms with Crippen molar-refractivity contribution in [2.45, 2.75) is 70.9 Å². The Labute approximate surface area is 121 Å². The van der Waals surface area contributed by atoms with Crippen LogP contribution >= 0.6 is 11.3 Å². The first kappa shape index (κ1) is 15.0. The molecule has 3 heteroatoms. The van der Waals surface area contributed by atoms with Crippen LogP contribution in [-0.4, -0.2) is 17.3 Å². The van der Waals surface area contributed by atoms with Crippen LogP contribution in [0.25, 0.3) is 0 Å². The summed E-state index contributed by atoms with van der Waals surface area (Å²) in [6.45, 7) is 6.92. The number of aryl methyl sites for hydroxylation is 2. The smallest absolute Gasteiger partial charge is 0.0743 e. The molecule has 1 aromatic heterocycles. The Bertz CT molecular complexity index is 387. The fraction of sp³-hybridized carbons (Fsp3) is 0.750. The first-order valence-electron chi connectivity index (χ1n) is 7.59. The summed E-state index contributed by atoms with van der Waals surface area (Å²) in [5, 5.41) is 13.7. The van der Waals surface area contributed by atoms with Gasteiger partial charge < -0.3 is 10.4 Å². The maximum absolute atomic E-state index is 10.2. The Morgan fingerprint density at radius 3 is 2.84 bits per heavy atom. The average Bonchev–Trinajstić information content (AvgIpc) is 2.79. The number of aliphatic hydroxyl groups is 1. The summed E-state index contributed by atoms with van der Waals surface area (Å²) in [6, 6.07) is 2.73. The van der Waals surface area contributed by atoms with Crippen LogP contribution in [-0.2, 0) is 12.8 Å². The van der Waals surface area contributed by atoms with Gasteiger partial charge in [-0.3, -0.25) is 0 Å². The Kier molecular flexibility index (Phi) is 5.04. The average molecular weight is 281 g/mol. The SMILES string of the molecule is CCCC(C)(O)CNC(C)c1cc2c(s1)CCCC2. The van der Waals surface area contributed by atoms with E-state index in [0.29, 0.717) is 12.6 Å². The number of fused-ring (bicyclic) bond motifs is 1.